The molecule has 0 spiro atoms. The van der Waals surface area contributed by atoms with Gasteiger partial charge < -0.3 is 15.7 Å². The lowest BCUT2D eigenvalue weighted by Gasteiger charge is -2.25. The third-order valence-corrected chi connectivity index (χ3v) is 2.66. The second-order valence-electron chi connectivity index (χ2n) is 4.41. The van der Waals surface area contributed by atoms with Crippen molar-refractivity contribution in [3.63, 3.8) is 0 Å². The summed E-state index contributed by atoms with van der Waals surface area (Å²) in [6.07, 6.45) is 2.56. The topological polar surface area (TPSA) is 78.4 Å². The van der Waals surface area contributed by atoms with Crippen LogP contribution < -0.4 is 10.6 Å². The van der Waals surface area contributed by atoms with Crippen LogP contribution in [0.5, 0.6) is 0 Å². The van der Waals surface area contributed by atoms with Crippen molar-refractivity contribution in [2.45, 2.75) is 52.0 Å². The highest BCUT2D eigenvalue weighted by Gasteiger charge is 2.31. The van der Waals surface area contributed by atoms with Crippen LogP contribution in [0.1, 0.15) is 46.5 Å². The Hall–Kier alpha value is -1.10. The minimum Gasteiger partial charge on any atom is -0.480 e. The Bertz CT molecular complexity index is 256. The summed E-state index contributed by atoms with van der Waals surface area (Å²) in [5.74, 6) is -0.906. The summed E-state index contributed by atoms with van der Waals surface area (Å²) in [5, 5.41) is 14.8. The molecule has 1 unspecified atom stereocenters. The number of rotatable bonds is 9. The van der Waals surface area contributed by atoms with Crippen molar-refractivity contribution in [3.05, 3.63) is 0 Å². The molecule has 0 aromatic carbocycles. The fourth-order valence-electron chi connectivity index (χ4n) is 1.58. The van der Waals surface area contributed by atoms with Crippen LogP contribution in [0.3, 0.4) is 0 Å². The molecule has 0 radical (unpaired) electrons. The quantitative estimate of drug-likeness (QED) is 0.568. The largest absolute Gasteiger partial charge is 0.480 e. The Kier molecular flexibility index (Phi) is 7.54. The Morgan fingerprint density at radius 1 is 1.18 bits per heavy atom. The van der Waals surface area contributed by atoms with Crippen LogP contribution in [0.25, 0.3) is 0 Å². The van der Waals surface area contributed by atoms with E-state index in [1.165, 1.54) is 0 Å². The van der Waals surface area contributed by atoms with Gasteiger partial charge in [-0.2, -0.15) is 0 Å². The Morgan fingerprint density at radius 3 is 2.29 bits per heavy atom. The van der Waals surface area contributed by atoms with Crippen LogP contribution in [0, 0.1) is 0 Å². The molecule has 100 valence electrons. The SMILES string of the molecule is CCCNC(=O)CCNC(C)(CCC)C(=O)O. The molecular weight excluding hydrogens is 220 g/mol. The Morgan fingerprint density at radius 2 is 1.82 bits per heavy atom. The Balaban J connectivity index is 3.98. The highest BCUT2D eigenvalue weighted by atomic mass is 16.4. The lowest BCUT2D eigenvalue weighted by molar-refractivity contribution is -0.144. The molecular formula is C12H24N2O3. The van der Waals surface area contributed by atoms with Crippen LogP contribution in [0.15, 0.2) is 0 Å². The van der Waals surface area contributed by atoms with E-state index < -0.39 is 11.5 Å². The smallest absolute Gasteiger partial charge is 0.323 e. The monoisotopic (exact) mass is 244 g/mol. The van der Waals surface area contributed by atoms with Crippen molar-refractivity contribution >= 4 is 11.9 Å². The maximum absolute atomic E-state index is 11.3. The predicted octanol–water partition coefficient (Wildman–Crippen LogP) is 1.14. The maximum Gasteiger partial charge on any atom is 0.323 e. The van der Waals surface area contributed by atoms with E-state index in [0.29, 0.717) is 25.9 Å². The minimum atomic E-state index is -0.931. The van der Waals surface area contributed by atoms with Gasteiger partial charge in [-0.05, 0) is 19.8 Å². The lowest BCUT2D eigenvalue weighted by Crippen LogP contribution is -2.50. The first-order valence-corrected chi connectivity index (χ1v) is 6.21. The average Bonchev–Trinajstić information content (AvgIpc) is 2.26. The van der Waals surface area contributed by atoms with E-state index >= 15 is 0 Å². The number of amides is 1. The van der Waals surface area contributed by atoms with Gasteiger partial charge >= 0.3 is 5.97 Å². The number of hydrogen-bond acceptors (Lipinski definition) is 3. The molecule has 3 N–H and O–H groups in total. The van der Waals surface area contributed by atoms with Gasteiger partial charge in [-0.1, -0.05) is 20.3 Å². The van der Waals surface area contributed by atoms with Crippen LogP contribution in [-0.4, -0.2) is 35.6 Å². The highest BCUT2D eigenvalue weighted by molar-refractivity contribution is 5.79. The molecule has 0 aliphatic rings. The number of carbonyl (C=O) groups is 2. The summed E-state index contributed by atoms with van der Waals surface area (Å²) in [6, 6.07) is 0. The van der Waals surface area contributed by atoms with Crippen LogP contribution in [0.4, 0.5) is 0 Å². The first-order valence-electron chi connectivity index (χ1n) is 6.21. The standard InChI is InChI=1S/C12H24N2O3/c1-4-7-12(3,11(16)17)14-9-6-10(15)13-8-5-2/h14H,4-9H2,1-3H3,(H,13,15)(H,16,17). The second kappa shape index (κ2) is 8.06. The highest BCUT2D eigenvalue weighted by Crippen LogP contribution is 2.12. The summed E-state index contributed by atoms with van der Waals surface area (Å²) in [7, 11) is 0. The molecule has 1 atom stereocenters. The van der Waals surface area contributed by atoms with Gasteiger partial charge in [0.2, 0.25) is 5.91 Å². The number of carboxylic acid groups (broad SMARTS) is 1. The summed E-state index contributed by atoms with van der Waals surface area (Å²) in [6.45, 7) is 6.64. The lowest BCUT2D eigenvalue weighted by atomic mass is 9.96. The molecule has 0 fully saturated rings. The van der Waals surface area contributed by atoms with Crippen molar-refractivity contribution in [3.8, 4) is 0 Å². The maximum atomic E-state index is 11.3. The summed E-state index contributed by atoms with van der Waals surface area (Å²) in [4.78, 5) is 22.4. The minimum absolute atomic E-state index is 0.0383. The third kappa shape index (κ3) is 6.26. The Labute approximate surface area is 103 Å². The van der Waals surface area contributed by atoms with E-state index in [-0.39, 0.29) is 5.91 Å². The number of nitrogens with one attached hydrogen (secondary N) is 2. The molecule has 5 nitrogen and oxygen atoms in total. The van der Waals surface area contributed by atoms with Crippen molar-refractivity contribution in [2.75, 3.05) is 13.1 Å². The molecule has 0 saturated heterocycles. The molecule has 0 saturated carbocycles. The van der Waals surface area contributed by atoms with Crippen LogP contribution in [-0.2, 0) is 9.59 Å². The van der Waals surface area contributed by atoms with Crippen molar-refractivity contribution < 1.29 is 14.7 Å². The number of carbonyl (C=O) groups excluding carboxylic acids is 1. The fraction of sp³-hybridized carbons (Fsp3) is 0.833. The van der Waals surface area contributed by atoms with E-state index in [1.54, 1.807) is 6.92 Å². The van der Waals surface area contributed by atoms with Gasteiger partial charge in [0.15, 0.2) is 0 Å². The number of aliphatic carboxylic acids is 1. The van der Waals surface area contributed by atoms with Gasteiger partial charge in [-0.15, -0.1) is 0 Å². The van der Waals surface area contributed by atoms with Gasteiger partial charge in [0.1, 0.15) is 5.54 Å². The van der Waals surface area contributed by atoms with Crippen molar-refractivity contribution in [1.29, 1.82) is 0 Å². The first-order chi connectivity index (χ1) is 7.96. The molecule has 0 bridgehead atoms. The van der Waals surface area contributed by atoms with Crippen molar-refractivity contribution in [2.24, 2.45) is 0 Å². The van der Waals surface area contributed by atoms with Crippen molar-refractivity contribution in [1.82, 2.24) is 10.6 Å². The van der Waals surface area contributed by atoms with Gasteiger partial charge in [-0.25, -0.2) is 0 Å². The fourth-order valence-corrected chi connectivity index (χ4v) is 1.58. The van der Waals surface area contributed by atoms with E-state index in [4.69, 9.17) is 5.11 Å². The van der Waals surface area contributed by atoms with E-state index in [9.17, 15) is 9.59 Å². The predicted molar refractivity (Wildman–Crippen MR) is 66.9 cm³/mol. The van der Waals surface area contributed by atoms with Gasteiger partial charge in [0.05, 0.1) is 0 Å². The van der Waals surface area contributed by atoms with E-state index in [2.05, 4.69) is 10.6 Å². The van der Waals surface area contributed by atoms with E-state index in [1.807, 2.05) is 13.8 Å². The molecule has 17 heavy (non-hydrogen) atoms. The summed E-state index contributed by atoms with van der Waals surface area (Å²) >= 11 is 0. The normalized spacial score (nSPS) is 14.1. The number of carboxylic acids is 1. The van der Waals surface area contributed by atoms with Crippen LogP contribution in [0.2, 0.25) is 0 Å². The summed E-state index contributed by atoms with van der Waals surface area (Å²) in [5.41, 5.74) is -0.931. The molecule has 0 rings (SSSR count). The van der Waals surface area contributed by atoms with Gasteiger partial charge in [0.25, 0.3) is 0 Å². The van der Waals surface area contributed by atoms with E-state index in [0.717, 1.165) is 12.8 Å². The molecule has 0 aliphatic carbocycles. The first kappa shape index (κ1) is 15.9. The average molecular weight is 244 g/mol. The molecule has 0 aromatic rings. The van der Waals surface area contributed by atoms with Crippen LogP contribution >= 0.6 is 0 Å². The van der Waals surface area contributed by atoms with Gasteiger partial charge in [-0.3, -0.25) is 9.59 Å². The third-order valence-electron chi connectivity index (χ3n) is 2.66. The zero-order valence-corrected chi connectivity index (χ0v) is 11.0. The molecule has 5 heteroatoms. The molecule has 0 aromatic heterocycles. The molecule has 0 heterocycles. The summed E-state index contributed by atoms with van der Waals surface area (Å²) < 4.78 is 0. The number of hydrogen-bond donors (Lipinski definition) is 3. The molecule has 1 amide bonds. The second-order valence-corrected chi connectivity index (χ2v) is 4.41. The zero-order valence-electron chi connectivity index (χ0n) is 11.0. The van der Waals surface area contributed by atoms with Gasteiger partial charge in [0, 0.05) is 19.5 Å². The zero-order chi connectivity index (χ0) is 13.3. The molecule has 0 aliphatic heterocycles.